The summed E-state index contributed by atoms with van der Waals surface area (Å²) >= 11 is 0. The Balaban J connectivity index is 2.02. The molecule has 3 aliphatic carbocycles. The molecule has 0 radical (unpaired) electrons. The molecule has 0 bridgehead atoms. The van der Waals surface area contributed by atoms with Crippen molar-refractivity contribution >= 4 is 35.0 Å². The van der Waals surface area contributed by atoms with Crippen LogP contribution in [0.25, 0.3) is 0 Å². The lowest BCUT2D eigenvalue weighted by atomic mass is 9.49. The van der Waals surface area contributed by atoms with Gasteiger partial charge in [0.05, 0.1) is 30.0 Å². The van der Waals surface area contributed by atoms with Gasteiger partial charge in [-0.15, -0.1) is 0 Å². The molecule has 4 N–H and O–H groups in total. The van der Waals surface area contributed by atoms with Crippen molar-refractivity contribution in [3.05, 3.63) is 29.3 Å². The summed E-state index contributed by atoms with van der Waals surface area (Å²) in [4.78, 5) is 81.0. The number of ether oxygens (including phenoxy) is 2. The quantitative estimate of drug-likeness (QED) is 0.225. The number of carbonyl (C=O) groups excluding carboxylic acids is 6. The van der Waals surface area contributed by atoms with E-state index in [2.05, 4.69) is 0 Å². The molecule has 12 heteroatoms. The minimum atomic E-state index is -3.06. The molecule has 4 rings (SSSR count). The molecule has 1 amide bonds. The van der Waals surface area contributed by atoms with Crippen LogP contribution >= 0.6 is 0 Å². The van der Waals surface area contributed by atoms with Gasteiger partial charge in [-0.1, -0.05) is 19.1 Å². The van der Waals surface area contributed by atoms with Gasteiger partial charge in [0.15, 0.2) is 34.7 Å². The van der Waals surface area contributed by atoms with Gasteiger partial charge < -0.3 is 25.4 Å². The van der Waals surface area contributed by atoms with Crippen LogP contribution in [0.5, 0.6) is 5.75 Å². The molecule has 2 fully saturated rings. The summed E-state index contributed by atoms with van der Waals surface area (Å²) in [6, 6.07) is 2.93. The number of esters is 1. The first-order chi connectivity index (χ1) is 18.3. The maximum atomic E-state index is 14.2. The Morgan fingerprint density at radius 1 is 1.13 bits per heavy atom. The molecule has 39 heavy (non-hydrogen) atoms. The van der Waals surface area contributed by atoms with Crippen molar-refractivity contribution < 1.29 is 48.5 Å². The molecule has 0 aromatic heterocycles. The van der Waals surface area contributed by atoms with Gasteiger partial charge in [-0.2, -0.15) is 0 Å². The summed E-state index contributed by atoms with van der Waals surface area (Å²) in [5, 5.41) is 22.5. The number of Topliss-reactive ketones (excluding diaryl/α,β-unsaturated/α-hetero) is 4. The first kappa shape index (κ1) is 28.5. The highest BCUT2D eigenvalue weighted by atomic mass is 16.5. The molecule has 2 saturated carbocycles. The summed E-state index contributed by atoms with van der Waals surface area (Å²) in [6.45, 7) is 3.25. The minimum absolute atomic E-state index is 0.0482. The Labute approximate surface area is 224 Å². The monoisotopic (exact) mass is 544 g/mol. The maximum Gasteiger partial charge on any atom is 0.302 e. The molecule has 1 aromatic carbocycles. The number of benzene rings is 1. The topological polar surface area (TPSA) is 191 Å². The van der Waals surface area contributed by atoms with E-state index in [0.717, 1.165) is 6.92 Å². The first-order valence-electron chi connectivity index (χ1n) is 12.7. The number of carbonyl (C=O) groups is 6. The van der Waals surface area contributed by atoms with E-state index in [9.17, 15) is 39.0 Å². The number of phenolic OH excluding ortho intramolecular Hbond substituents is 1. The van der Waals surface area contributed by atoms with E-state index >= 15 is 0 Å². The highest BCUT2D eigenvalue weighted by Gasteiger charge is 2.74. The molecule has 210 valence electrons. The van der Waals surface area contributed by atoms with Gasteiger partial charge in [0.1, 0.15) is 11.9 Å². The summed E-state index contributed by atoms with van der Waals surface area (Å²) in [7, 11) is 2.89. The van der Waals surface area contributed by atoms with Gasteiger partial charge in [-0.3, -0.25) is 33.7 Å². The number of nitrogens with two attached hydrogens (primary N) is 1. The zero-order chi connectivity index (χ0) is 29.0. The number of rotatable bonds is 7. The van der Waals surface area contributed by atoms with Crippen molar-refractivity contribution in [2.24, 2.45) is 29.4 Å². The summed E-state index contributed by atoms with van der Waals surface area (Å²) in [5.41, 5.74) is 2.48. The Bertz CT molecular complexity index is 1260. The molecule has 0 aliphatic heterocycles. The summed E-state index contributed by atoms with van der Waals surface area (Å²) in [6.07, 6.45) is -0.847. The maximum absolute atomic E-state index is 14.2. The first-order valence-corrected chi connectivity index (χ1v) is 12.7. The highest BCUT2D eigenvalue weighted by Crippen LogP contribution is 2.55. The minimum Gasteiger partial charge on any atom is -0.507 e. The van der Waals surface area contributed by atoms with Crippen LogP contribution in [-0.4, -0.2) is 95.2 Å². The van der Waals surface area contributed by atoms with Crippen LogP contribution in [0.2, 0.25) is 0 Å². The number of primary amides is 1. The number of nitrogens with zero attached hydrogens (tertiary/aromatic N) is 1. The van der Waals surface area contributed by atoms with Crippen LogP contribution in [0, 0.1) is 23.7 Å². The predicted octanol–water partition coefficient (Wildman–Crippen LogP) is -0.624. The number of aromatic hydroxyl groups is 1. The number of hydrogen-bond acceptors (Lipinski definition) is 11. The number of likely N-dealkylation sites (N-methyl/N-ethyl adjacent to an activating group) is 1. The van der Waals surface area contributed by atoms with Crippen LogP contribution in [0.3, 0.4) is 0 Å². The highest BCUT2D eigenvalue weighted by molar-refractivity contribution is 6.32. The van der Waals surface area contributed by atoms with E-state index in [1.54, 1.807) is 6.07 Å². The molecular formula is C27H32N2O10. The fourth-order valence-electron chi connectivity index (χ4n) is 6.63. The van der Waals surface area contributed by atoms with Gasteiger partial charge in [-0.05, 0) is 32.1 Å². The van der Waals surface area contributed by atoms with Gasteiger partial charge in [0.25, 0.3) is 0 Å². The van der Waals surface area contributed by atoms with E-state index in [1.165, 1.54) is 31.1 Å². The number of aliphatic hydroxyl groups is 1. The van der Waals surface area contributed by atoms with Crippen LogP contribution < -0.4 is 5.73 Å². The van der Waals surface area contributed by atoms with Gasteiger partial charge >= 0.3 is 5.97 Å². The van der Waals surface area contributed by atoms with Crippen molar-refractivity contribution in [1.29, 1.82) is 0 Å². The second-order valence-electron chi connectivity index (χ2n) is 10.6. The molecule has 0 spiro atoms. The lowest BCUT2D eigenvalue weighted by Gasteiger charge is -2.56. The molecule has 8 unspecified atom stereocenters. The average Bonchev–Trinajstić information content (AvgIpc) is 2.84. The van der Waals surface area contributed by atoms with Crippen LogP contribution in [0.4, 0.5) is 0 Å². The standard InChI is InChI=1S/C27H32N2O10/c1-5-9-38-10-13-12-7-6-8-14(31)15(12)21(32)17-16(13)23(39-11(2)30)19-20(29(3)4)22(33)18(26(28)36)25(35)27(19,37)24(17)34/h6-8,13,16-20,23,31,37H,5,9-10H2,1-4H3,(H2,28,36). The van der Waals surface area contributed by atoms with Crippen LogP contribution in [0.15, 0.2) is 18.2 Å². The molecule has 1 aromatic rings. The Morgan fingerprint density at radius 2 is 1.79 bits per heavy atom. The number of amides is 1. The van der Waals surface area contributed by atoms with E-state index in [1.807, 2.05) is 6.92 Å². The van der Waals surface area contributed by atoms with E-state index < -0.39 is 88.1 Å². The molecule has 0 saturated heterocycles. The molecular weight excluding hydrogens is 512 g/mol. The zero-order valence-corrected chi connectivity index (χ0v) is 22.1. The Morgan fingerprint density at radius 3 is 2.36 bits per heavy atom. The second-order valence-corrected chi connectivity index (χ2v) is 10.6. The lowest BCUT2D eigenvalue weighted by molar-refractivity contribution is -0.206. The summed E-state index contributed by atoms with van der Waals surface area (Å²) in [5.74, 6) is -14.6. The summed E-state index contributed by atoms with van der Waals surface area (Å²) < 4.78 is 11.5. The molecule has 3 aliphatic rings. The molecule has 0 heterocycles. The van der Waals surface area contributed by atoms with Crippen molar-refractivity contribution in [3.63, 3.8) is 0 Å². The third-order valence-corrected chi connectivity index (χ3v) is 8.07. The van der Waals surface area contributed by atoms with E-state index in [4.69, 9.17) is 15.2 Å². The normalized spacial score (nSPS) is 33.8. The third kappa shape index (κ3) is 4.17. The van der Waals surface area contributed by atoms with Crippen molar-refractivity contribution in [2.75, 3.05) is 27.3 Å². The Kier molecular flexibility index (Phi) is 7.50. The second kappa shape index (κ2) is 10.2. The third-order valence-electron chi connectivity index (χ3n) is 8.07. The van der Waals surface area contributed by atoms with Gasteiger partial charge in [0, 0.05) is 25.4 Å². The predicted molar refractivity (Wildman–Crippen MR) is 132 cm³/mol. The largest absolute Gasteiger partial charge is 0.507 e. The van der Waals surface area contributed by atoms with Crippen LogP contribution in [-0.2, 0) is 33.4 Å². The molecule has 12 nitrogen and oxygen atoms in total. The van der Waals surface area contributed by atoms with E-state index in [0.29, 0.717) is 18.6 Å². The molecule has 8 atom stereocenters. The fraction of sp³-hybridized carbons (Fsp3) is 0.556. The smallest absolute Gasteiger partial charge is 0.302 e. The number of ketones is 4. The average molecular weight is 545 g/mol. The fourth-order valence-corrected chi connectivity index (χ4v) is 6.63. The van der Waals surface area contributed by atoms with Crippen molar-refractivity contribution in [3.8, 4) is 5.75 Å². The number of hydrogen-bond donors (Lipinski definition) is 3. The van der Waals surface area contributed by atoms with E-state index in [-0.39, 0.29) is 12.2 Å². The lowest BCUT2D eigenvalue weighted by Crippen LogP contribution is -2.78. The number of fused-ring (bicyclic) bond motifs is 3. The zero-order valence-electron chi connectivity index (χ0n) is 22.1. The van der Waals surface area contributed by atoms with Crippen molar-refractivity contribution in [2.45, 2.75) is 43.9 Å². The SMILES string of the molecule is CCCOCC1c2cccc(O)c2C(=O)C2C(=O)C3(O)C(=O)C(C(N)=O)C(=O)C(N(C)C)C3C(OC(C)=O)C21. The van der Waals surface area contributed by atoms with Crippen molar-refractivity contribution in [1.82, 2.24) is 4.90 Å². The Hall–Kier alpha value is -3.48. The van der Waals surface area contributed by atoms with Gasteiger partial charge in [0.2, 0.25) is 5.91 Å². The number of phenols is 1. The van der Waals surface area contributed by atoms with Gasteiger partial charge in [-0.25, -0.2) is 0 Å². The van der Waals surface area contributed by atoms with Crippen LogP contribution in [0.1, 0.15) is 42.1 Å².